The van der Waals surface area contributed by atoms with Crippen molar-refractivity contribution in [3.8, 4) is 0 Å². The molecule has 1 aliphatic heterocycles. The van der Waals surface area contributed by atoms with E-state index in [2.05, 4.69) is 5.32 Å². The third kappa shape index (κ3) is 2.28. The van der Waals surface area contributed by atoms with Gasteiger partial charge in [-0.15, -0.1) is 0 Å². The summed E-state index contributed by atoms with van der Waals surface area (Å²) in [7, 11) is 0. The maximum atomic E-state index is 12.6. The molecule has 0 saturated carbocycles. The number of imide groups is 1. The molecule has 0 unspecified atom stereocenters. The van der Waals surface area contributed by atoms with E-state index in [1.165, 1.54) is 17.4 Å². The van der Waals surface area contributed by atoms with Crippen molar-refractivity contribution in [2.24, 2.45) is 0 Å². The maximum absolute atomic E-state index is 12.6. The topological polar surface area (TPSA) is 92.6 Å². The first-order valence-corrected chi connectivity index (χ1v) is 8.12. The third-order valence-electron chi connectivity index (χ3n) is 3.53. The molecule has 2 aromatic rings. The summed E-state index contributed by atoms with van der Waals surface area (Å²) < 4.78 is 0. The van der Waals surface area contributed by atoms with Crippen molar-refractivity contribution in [1.29, 1.82) is 0 Å². The van der Waals surface area contributed by atoms with Gasteiger partial charge in [0.2, 0.25) is 0 Å². The molecule has 3 amide bonds. The number of nitro groups is 1. The van der Waals surface area contributed by atoms with E-state index < -0.39 is 16.5 Å². The largest absolute Gasteiger partial charge is 0.325 e. The van der Waals surface area contributed by atoms with Gasteiger partial charge in [0.1, 0.15) is 5.54 Å². The number of hydrogen-bond acceptors (Lipinski definition) is 6. The minimum absolute atomic E-state index is 0.0114. The standard InChI is InChI=1S/C13H11N3O4S2/c1-13(9-2-3-21-7-9)11(17)15(12(18)14-13)5-8-4-10(16(19)20)22-6-8/h2-4,6-7H,5H2,1H3,(H,14,18)/t13-/m1/s1. The van der Waals surface area contributed by atoms with Crippen LogP contribution in [0.4, 0.5) is 9.80 Å². The summed E-state index contributed by atoms with van der Waals surface area (Å²) in [6.07, 6.45) is 0. The molecular weight excluding hydrogens is 326 g/mol. The lowest BCUT2D eigenvalue weighted by atomic mass is 9.95. The van der Waals surface area contributed by atoms with Gasteiger partial charge in [0.15, 0.2) is 0 Å². The Bertz CT molecular complexity index is 755. The number of nitrogens with one attached hydrogen (secondary N) is 1. The second-order valence-corrected chi connectivity index (χ2v) is 6.68. The molecule has 1 N–H and O–H groups in total. The molecule has 1 aliphatic rings. The highest BCUT2D eigenvalue weighted by Gasteiger charge is 2.49. The average molecular weight is 337 g/mol. The normalized spacial score (nSPS) is 21.2. The monoisotopic (exact) mass is 337 g/mol. The highest BCUT2D eigenvalue weighted by atomic mass is 32.1. The van der Waals surface area contributed by atoms with Crippen LogP contribution in [0.2, 0.25) is 0 Å². The number of rotatable bonds is 4. The van der Waals surface area contributed by atoms with Gasteiger partial charge in [0.25, 0.3) is 5.91 Å². The van der Waals surface area contributed by atoms with Crippen molar-refractivity contribution >= 4 is 39.6 Å². The number of carbonyl (C=O) groups is 2. The van der Waals surface area contributed by atoms with Crippen LogP contribution in [0.1, 0.15) is 18.1 Å². The quantitative estimate of drug-likeness (QED) is 0.527. The summed E-state index contributed by atoms with van der Waals surface area (Å²) in [6.45, 7) is 1.68. The molecule has 1 atom stereocenters. The molecular formula is C13H11N3O4S2. The van der Waals surface area contributed by atoms with E-state index >= 15 is 0 Å². The fraction of sp³-hybridized carbons (Fsp3) is 0.231. The number of thiophene rings is 2. The second kappa shape index (κ2) is 5.18. The van der Waals surface area contributed by atoms with E-state index in [1.54, 1.807) is 18.4 Å². The number of urea groups is 1. The maximum Gasteiger partial charge on any atom is 0.325 e. The molecule has 0 aliphatic carbocycles. The Morgan fingerprint density at radius 1 is 1.41 bits per heavy atom. The Morgan fingerprint density at radius 2 is 2.18 bits per heavy atom. The summed E-state index contributed by atoms with van der Waals surface area (Å²) >= 11 is 2.42. The summed E-state index contributed by atoms with van der Waals surface area (Å²) in [5.74, 6) is -0.357. The Hall–Kier alpha value is -2.26. The molecule has 0 bridgehead atoms. The van der Waals surface area contributed by atoms with Gasteiger partial charge in [-0.05, 0) is 34.9 Å². The first-order chi connectivity index (χ1) is 10.4. The fourth-order valence-electron chi connectivity index (χ4n) is 2.31. The van der Waals surface area contributed by atoms with Crippen molar-refractivity contribution in [1.82, 2.24) is 10.2 Å². The Morgan fingerprint density at radius 3 is 2.77 bits per heavy atom. The van der Waals surface area contributed by atoms with Crippen molar-refractivity contribution in [2.75, 3.05) is 0 Å². The molecule has 0 aromatic carbocycles. The Balaban J connectivity index is 1.84. The van der Waals surface area contributed by atoms with E-state index in [0.29, 0.717) is 5.56 Å². The van der Waals surface area contributed by atoms with E-state index in [0.717, 1.165) is 21.8 Å². The SMILES string of the molecule is C[C@]1(c2ccsc2)NC(=O)N(Cc2csc([N+](=O)[O-])c2)C1=O. The smallest absolute Gasteiger partial charge is 0.319 e. The van der Waals surface area contributed by atoms with E-state index in [9.17, 15) is 19.7 Å². The Labute approximate surface area is 133 Å². The lowest BCUT2D eigenvalue weighted by Crippen LogP contribution is -2.40. The number of nitrogens with zero attached hydrogens (tertiary/aromatic N) is 2. The van der Waals surface area contributed by atoms with Gasteiger partial charge in [-0.2, -0.15) is 11.3 Å². The highest BCUT2D eigenvalue weighted by molar-refractivity contribution is 7.13. The summed E-state index contributed by atoms with van der Waals surface area (Å²) in [6, 6.07) is 2.68. The molecule has 3 rings (SSSR count). The van der Waals surface area contributed by atoms with Gasteiger partial charge in [-0.3, -0.25) is 19.8 Å². The van der Waals surface area contributed by atoms with Crippen LogP contribution >= 0.6 is 22.7 Å². The zero-order chi connectivity index (χ0) is 15.9. The molecule has 2 aromatic heterocycles. The van der Waals surface area contributed by atoms with Gasteiger partial charge in [0, 0.05) is 11.4 Å². The molecule has 9 heteroatoms. The molecule has 1 fully saturated rings. The van der Waals surface area contributed by atoms with Gasteiger partial charge in [0.05, 0.1) is 11.5 Å². The first-order valence-electron chi connectivity index (χ1n) is 6.30. The predicted octanol–water partition coefficient (Wildman–Crippen LogP) is 2.69. The average Bonchev–Trinajstić information content (AvgIpc) is 3.17. The van der Waals surface area contributed by atoms with Crippen LogP contribution in [-0.4, -0.2) is 21.8 Å². The predicted molar refractivity (Wildman–Crippen MR) is 81.7 cm³/mol. The van der Waals surface area contributed by atoms with Gasteiger partial charge in [-0.25, -0.2) is 4.79 Å². The molecule has 0 radical (unpaired) electrons. The zero-order valence-electron chi connectivity index (χ0n) is 11.4. The van der Waals surface area contributed by atoms with Crippen LogP contribution in [-0.2, 0) is 16.9 Å². The molecule has 3 heterocycles. The van der Waals surface area contributed by atoms with Crippen molar-refractivity contribution in [3.63, 3.8) is 0 Å². The lowest BCUT2D eigenvalue weighted by Gasteiger charge is -2.20. The van der Waals surface area contributed by atoms with Crippen LogP contribution in [0.25, 0.3) is 0 Å². The van der Waals surface area contributed by atoms with E-state index in [4.69, 9.17) is 0 Å². The van der Waals surface area contributed by atoms with Crippen LogP contribution in [0.5, 0.6) is 0 Å². The van der Waals surface area contributed by atoms with Crippen molar-refractivity contribution < 1.29 is 14.5 Å². The zero-order valence-corrected chi connectivity index (χ0v) is 13.1. The second-order valence-electron chi connectivity index (χ2n) is 5.01. The lowest BCUT2D eigenvalue weighted by molar-refractivity contribution is -0.380. The molecule has 114 valence electrons. The van der Waals surface area contributed by atoms with Crippen molar-refractivity contribution in [2.45, 2.75) is 19.0 Å². The fourth-order valence-corrected chi connectivity index (χ4v) is 3.79. The van der Waals surface area contributed by atoms with Gasteiger partial charge in [-0.1, -0.05) is 11.3 Å². The first kappa shape index (κ1) is 14.7. The highest BCUT2D eigenvalue weighted by Crippen LogP contribution is 2.32. The van der Waals surface area contributed by atoms with E-state index in [-0.39, 0.29) is 17.5 Å². The van der Waals surface area contributed by atoms with Crippen molar-refractivity contribution in [3.05, 3.63) is 49.5 Å². The third-order valence-corrected chi connectivity index (χ3v) is 5.15. The minimum atomic E-state index is -1.08. The summed E-state index contributed by atoms with van der Waals surface area (Å²) in [5, 5.41) is 18.6. The number of hydrogen-bond donors (Lipinski definition) is 1. The van der Waals surface area contributed by atoms with Gasteiger partial charge >= 0.3 is 11.0 Å². The van der Waals surface area contributed by atoms with Crippen LogP contribution < -0.4 is 5.32 Å². The van der Waals surface area contributed by atoms with E-state index in [1.807, 2.05) is 10.8 Å². The number of amides is 3. The number of carbonyl (C=O) groups excluding carboxylic acids is 2. The summed E-state index contributed by atoms with van der Waals surface area (Å²) in [5.41, 5.74) is 0.211. The van der Waals surface area contributed by atoms with Crippen LogP contribution in [0.15, 0.2) is 28.3 Å². The van der Waals surface area contributed by atoms with Crippen LogP contribution in [0.3, 0.4) is 0 Å². The molecule has 22 heavy (non-hydrogen) atoms. The summed E-state index contributed by atoms with van der Waals surface area (Å²) in [4.78, 5) is 36.0. The molecule has 1 saturated heterocycles. The minimum Gasteiger partial charge on any atom is -0.319 e. The molecule has 0 spiro atoms. The Kier molecular flexibility index (Phi) is 3.45. The molecule has 7 nitrogen and oxygen atoms in total. The van der Waals surface area contributed by atoms with Gasteiger partial charge < -0.3 is 5.32 Å². The van der Waals surface area contributed by atoms with Crippen LogP contribution in [0, 0.1) is 10.1 Å².